The van der Waals surface area contributed by atoms with Crippen molar-refractivity contribution in [2.45, 2.75) is 105 Å². The van der Waals surface area contributed by atoms with Crippen LogP contribution in [0.25, 0.3) is 0 Å². The first kappa shape index (κ1) is 33.8. The summed E-state index contributed by atoms with van der Waals surface area (Å²) in [6.07, 6.45) is 7.21. The number of benzene rings is 2. The normalized spacial score (nSPS) is 16.9. The van der Waals surface area contributed by atoms with Gasteiger partial charge in [0.15, 0.2) is 11.5 Å². The fraction of sp³-hybridized carbons (Fsp3) is 0.588. The standard InChI is InChI=1S/C34H44Br2O7/c1-7-21(8-2)17-34(14-10-9-11-15-34)33(39)43-31-28(36)20(5)27(35)23-18-41-32(38)26-25(42-30(23)31)13-12-22(29(26)40-6)24(37)16-19(3)4/h12-13,19,21,24,37H,7-11,14-18H2,1-6H3/t24-/m0/s1. The van der Waals surface area contributed by atoms with E-state index in [-0.39, 0.29) is 47.1 Å². The van der Waals surface area contributed by atoms with Crippen LogP contribution in [0, 0.1) is 24.2 Å². The molecule has 236 valence electrons. The molecule has 2 aromatic rings. The number of hydrogen-bond donors (Lipinski definition) is 1. The van der Waals surface area contributed by atoms with E-state index in [0.29, 0.717) is 32.4 Å². The summed E-state index contributed by atoms with van der Waals surface area (Å²) in [6.45, 7) is 10.2. The molecule has 0 bridgehead atoms. The number of halogens is 2. The minimum absolute atomic E-state index is 0.0797. The Bertz CT molecular complexity index is 1340. The smallest absolute Gasteiger partial charge is 0.346 e. The molecule has 0 amide bonds. The van der Waals surface area contributed by atoms with Gasteiger partial charge in [-0.1, -0.05) is 59.8 Å². The van der Waals surface area contributed by atoms with E-state index in [2.05, 4.69) is 45.7 Å². The van der Waals surface area contributed by atoms with Gasteiger partial charge in [0.25, 0.3) is 0 Å². The van der Waals surface area contributed by atoms with Gasteiger partial charge in [-0.05, 0) is 94.0 Å². The summed E-state index contributed by atoms with van der Waals surface area (Å²) in [6, 6.07) is 3.34. The van der Waals surface area contributed by atoms with Crippen LogP contribution in [0.5, 0.6) is 23.0 Å². The van der Waals surface area contributed by atoms with Crippen molar-refractivity contribution in [3.05, 3.63) is 43.3 Å². The molecular formula is C34H44Br2O7. The third-order valence-electron chi connectivity index (χ3n) is 9.05. The molecular weight excluding hydrogens is 680 g/mol. The van der Waals surface area contributed by atoms with Gasteiger partial charge in [-0.25, -0.2) is 4.79 Å². The lowest BCUT2D eigenvalue weighted by atomic mass is 9.68. The number of cyclic esters (lactones) is 1. The molecule has 1 saturated carbocycles. The van der Waals surface area contributed by atoms with E-state index < -0.39 is 17.5 Å². The molecule has 0 spiro atoms. The number of fused-ring (bicyclic) bond motifs is 2. The van der Waals surface area contributed by atoms with Crippen molar-refractivity contribution < 1.29 is 33.6 Å². The molecule has 0 aromatic heterocycles. The molecule has 1 heterocycles. The Hall–Kier alpha value is -2.10. The van der Waals surface area contributed by atoms with Crippen LogP contribution < -0.4 is 14.2 Å². The highest BCUT2D eigenvalue weighted by atomic mass is 79.9. The summed E-state index contributed by atoms with van der Waals surface area (Å²) >= 11 is 7.34. The zero-order chi connectivity index (χ0) is 31.5. The molecule has 0 radical (unpaired) electrons. The second-order valence-corrected chi connectivity index (χ2v) is 14.0. The number of hydrogen-bond acceptors (Lipinski definition) is 7. The number of carbonyl (C=O) groups is 2. The lowest BCUT2D eigenvalue weighted by molar-refractivity contribution is -0.149. The van der Waals surface area contributed by atoms with Crippen molar-refractivity contribution in [2.75, 3.05) is 7.11 Å². The van der Waals surface area contributed by atoms with E-state index >= 15 is 0 Å². The van der Waals surface area contributed by atoms with Gasteiger partial charge in [-0.3, -0.25) is 4.79 Å². The van der Waals surface area contributed by atoms with Gasteiger partial charge in [-0.2, -0.15) is 0 Å². The van der Waals surface area contributed by atoms with E-state index in [0.717, 1.165) is 56.9 Å². The highest BCUT2D eigenvalue weighted by Gasteiger charge is 2.43. The Morgan fingerprint density at radius 3 is 2.35 bits per heavy atom. The van der Waals surface area contributed by atoms with Gasteiger partial charge in [0.2, 0.25) is 0 Å². The minimum atomic E-state index is -0.838. The monoisotopic (exact) mass is 722 g/mol. The van der Waals surface area contributed by atoms with Gasteiger partial charge in [-0.15, -0.1) is 0 Å². The lowest BCUT2D eigenvalue weighted by Gasteiger charge is -2.37. The van der Waals surface area contributed by atoms with Crippen molar-refractivity contribution in [2.24, 2.45) is 17.3 Å². The number of aliphatic hydroxyl groups is 1. The van der Waals surface area contributed by atoms with E-state index in [4.69, 9.17) is 18.9 Å². The average molecular weight is 725 g/mol. The molecule has 2 aromatic carbocycles. The Morgan fingerprint density at radius 2 is 1.74 bits per heavy atom. The van der Waals surface area contributed by atoms with E-state index in [1.54, 1.807) is 12.1 Å². The summed E-state index contributed by atoms with van der Waals surface area (Å²) < 4.78 is 25.6. The van der Waals surface area contributed by atoms with Crippen molar-refractivity contribution in [3.8, 4) is 23.0 Å². The highest BCUT2D eigenvalue weighted by Crippen LogP contribution is 2.52. The summed E-state index contributed by atoms with van der Waals surface area (Å²) in [7, 11) is 1.45. The highest BCUT2D eigenvalue weighted by molar-refractivity contribution is 9.11. The molecule has 7 nitrogen and oxygen atoms in total. The van der Waals surface area contributed by atoms with Gasteiger partial charge in [0, 0.05) is 10.0 Å². The van der Waals surface area contributed by atoms with Gasteiger partial charge in [0.05, 0.1) is 28.7 Å². The van der Waals surface area contributed by atoms with Crippen LogP contribution in [0.1, 0.15) is 119 Å². The zero-order valence-electron chi connectivity index (χ0n) is 26.1. The summed E-state index contributed by atoms with van der Waals surface area (Å²) in [4.78, 5) is 27.6. The van der Waals surface area contributed by atoms with E-state index in [1.165, 1.54) is 7.11 Å². The second-order valence-electron chi connectivity index (χ2n) is 12.4. The van der Waals surface area contributed by atoms with Crippen LogP contribution >= 0.6 is 31.9 Å². The first-order chi connectivity index (χ1) is 20.5. The minimum Gasteiger partial charge on any atom is -0.495 e. The molecule has 43 heavy (non-hydrogen) atoms. The molecule has 2 aliphatic rings. The SMILES string of the molecule is CCC(CC)CC1(C(=O)Oc2c(Br)c(C)c(Br)c3c2Oc2ccc([C@@H](O)CC(C)C)c(OC)c2C(=O)OC3)CCCCC1. The second kappa shape index (κ2) is 14.3. The largest absolute Gasteiger partial charge is 0.495 e. The number of rotatable bonds is 10. The van der Waals surface area contributed by atoms with Crippen LogP contribution in [0.2, 0.25) is 0 Å². The number of carbonyl (C=O) groups excluding carboxylic acids is 2. The quantitative estimate of drug-likeness (QED) is 0.193. The first-order valence-electron chi connectivity index (χ1n) is 15.4. The molecule has 9 heteroatoms. The Morgan fingerprint density at radius 1 is 1.07 bits per heavy atom. The maximum Gasteiger partial charge on any atom is 0.346 e. The van der Waals surface area contributed by atoms with Crippen LogP contribution in [-0.2, 0) is 16.1 Å². The van der Waals surface area contributed by atoms with Crippen LogP contribution in [0.3, 0.4) is 0 Å². The summed E-state index contributed by atoms with van der Waals surface area (Å²) in [5, 5.41) is 10.9. The molecule has 1 aliphatic heterocycles. The van der Waals surface area contributed by atoms with Gasteiger partial charge < -0.3 is 24.1 Å². The third kappa shape index (κ3) is 6.94. The molecule has 4 rings (SSSR count). The fourth-order valence-corrected chi connectivity index (χ4v) is 7.66. The molecule has 1 fully saturated rings. The van der Waals surface area contributed by atoms with Gasteiger partial charge >= 0.3 is 11.9 Å². The maximum absolute atomic E-state index is 14.2. The average Bonchev–Trinajstić information content (AvgIpc) is 2.99. The van der Waals surface area contributed by atoms with E-state index in [9.17, 15) is 14.7 Å². The number of aliphatic hydroxyl groups excluding tert-OH is 1. The number of methoxy groups -OCH3 is 1. The van der Waals surface area contributed by atoms with E-state index in [1.807, 2.05) is 20.8 Å². The van der Waals surface area contributed by atoms with Crippen molar-refractivity contribution >= 4 is 43.8 Å². The van der Waals surface area contributed by atoms with Crippen LogP contribution in [-0.4, -0.2) is 24.2 Å². The fourth-order valence-electron chi connectivity index (χ4n) is 6.44. The molecule has 1 N–H and O–H groups in total. The van der Waals surface area contributed by atoms with Crippen LogP contribution in [0.15, 0.2) is 21.1 Å². The lowest BCUT2D eigenvalue weighted by Crippen LogP contribution is -2.38. The molecule has 0 saturated heterocycles. The van der Waals surface area contributed by atoms with Gasteiger partial charge in [0.1, 0.15) is 23.7 Å². The molecule has 1 aliphatic carbocycles. The number of ether oxygens (including phenoxy) is 4. The van der Waals surface area contributed by atoms with Crippen molar-refractivity contribution in [1.82, 2.24) is 0 Å². The maximum atomic E-state index is 14.2. The van der Waals surface area contributed by atoms with Crippen LogP contribution in [0.4, 0.5) is 0 Å². The first-order valence-corrected chi connectivity index (χ1v) is 17.0. The molecule has 0 unspecified atom stereocenters. The zero-order valence-corrected chi connectivity index (χ0v) is 29.3. The molecule has 1 atom stereocenters. The topological polar surface area (TPSA) is 91.3 Å². The number of esters is 2. The summed E-state index contributed by atoms with van der Waals surface area (Å²) in [5.74, 6) is 0.743. The predicted molar refractivity (Wildman–Crippen MR) is 173 cm³/mol. The van der Waals surface area contributed by atoms with Crippen molar-refractivity contribution in [1.29, 1.82) is 0 Å². The third-order valence-corrected chi connectivity index (χ3v) is 11.1. The predicted octanol–water partition coefficient (Wildman–Crippen LogP) is 9.75. The Kier molecular flexibility index (Phi) is 11.3. The summed E-state index contributed by atoms with van der Waals surface area (Å²) in [5.41, 5.74) is 1.36. The Balaban J connectivity index is 1.83. The van der Waals surface area contributed by atoms with Crippen molar-refractivity contribution in [3.63, 3.8) is 0 Å². The Labute approximate surface area is 272 Å².